The van der Waals surface area contributed by atoms with Gasteiger partial charge in [-0.2, -0.15) is 0 Å². The first kappa shape index (κ1) is 26.0. The average molecular weight is 582 g/mol. The molecule has 5 nitrogen and oxygen atoms in total. The fourth-order valence-electron chi connectivity index (χ4n) is 5.59. The van der Waals surface area contributed by atoms with Crippen LogP contribution in [0.3, 0.4) is 0 Å². The molecule has 5 rings (SSSR count). The number of halogens is 2. The molecule has 0 saturated carbocycles. The molecule has 7 heteroatoms. The third-order valence-electron chi connectivity index (χ3n) is 7.15. The smallest absolute Gasteiger partial charge is 0.217 e. The number of nitrogens with zero attached hydrogens (tertiary/aromatic N) is 2. The van der Waals surface area contributed by atoms with Crippen molar-refractivity contribution in [2.75, 3.05) is 34.4 Å². The van der Waals surface area contributed by atoms with Crippen LogP contribution in [0.1, 0.15) is 29.0 Å². The summed E-state index contributed by atoms with van der Waals surface area (Å²) in [6.45, 7) is 1.15. The minimum absolute atomic E-state index is 0.171. The second-order valence-corrected chi connectivity index (χ2v) is 11.2. The predicted octanol–water partition coefficient (Wildman–Crippen LogP) is 6.64. The number of benzene rings is 3. The lowest BCUT2D eigenvalue weighted by atomic mass is 9.66. The highest BCUT2D eigenvalue weighted by molar-refractivity contribution is 9.10. The molecular formula is C30H30BrClN2O3. The standard InChI is InChI=1S/C30H30BrClN2O3/c1-34(2)18-21-13-14-37-27-12-10-23(32)17-25(27)30(21,35)28(19-7-5-4-6-8-19)24-16-20-15-22(31)9-11-26(20)33-29(24)36-3/h4-12,15-17,21,28,35H,13-14,18H2,1-3H3/t21-,28-,30+/m1/s1. The van der Waals surface area contributed by atoms with Crippen molar-refractivity contribution in [2.45, 2.75) is 17.9 Å². The van der Waals surface area contributed by atoms with Gasteiger partial charge in [0.1, 0.15) is 11.4 Å². The van der Waals surface area contributed by atoms with Gasteiger partial charge in [0.25, 0.3) is 0 Å². The Balaban J connectivity index is 1.86. The van der Waals surface area contributed by atoms with Crippen molar-refractivity contribution >= 4 is 38.4 Å². The second-order valence-electron chi connectivity index (χ2n) is 9.83. The Kier molecular flexibility index (Phi) is 7.46. The summed E-state index contributed by atoms with van der Waals surface area (Å²) in [5.74, 6) is 0.442. The molecule has 2 heterocycles. The third kappa shape index (κ3) is 4.96. The molecule has 0 unspecified atom stereocenters. The van der Waals surface area contributed by atoms with Crippen LogP contribution < -0.4 is 9.47 Å². The Labute approximate surface area is 231 Å². The van der Waals surface area contributed by atoms with Gasteiger partial charge in [-0.15, -0.1) is 0 Å². The number of pyridine rings is 1. The normalized spacial score (nSPS) is 20.2. The third-order valence-corrected chi connectivity index (χ3v) is 7.88. The van der Waals surface area contributed by atoms with Crippen LogP contribution in [0.4, 0.5) is 0 Å². The number of ether oxygens (including phenoxy) is 2. The number of hydrogen-bond donors (Lipinski definition) is 1. The lowest BCUT2D eigenvalue weighted by Crippen LogP contribution is -2.45. The van der Waals surface area contributed by atoms with E-state index in [0.717, 1.165) is 26.5 Å². The summed E-state index contributed by atoms with van der Waals surface area (Å²) < 4.78 is 13.0. The van der Waals surface area contributed by atoms with Crippen LogP contribution in [0.2, 0.25) is 5.02 Å². The highest BCUT2D eigenvalue weighted by Gasteiger charge is 2.50. The van der Waals surface area contributed by atoms with E-state index in [2.05, 4.69) is 39.0 Å². The van der Waals surface area contributed by atoms with Crippen LogP contribution in [0.25, 0.3) is 10.9 Å². The molecule has 3 aromatic carbocycles. The van der Waals surface area contributed by atoms with Crippen molar-refractivity contribution in [3.63, 3.8) is 0 Å². The van der Waals surface area contributed by atoms with Gasteiger partial charge in [-0.3, -0.25) is 0 Å². The van der Waals surface area contributed by atoms with E-state index in [0.29, 0.717) is 41.8 Å². The van der Waals surface area contributed by atoms with Crippen molar-refractivity contribution in [1.29, 1.82) is 0 Å². The van der Waals surface area contributed by atoms with E-state index in [9.17, 15) is 5.11 Å². The monoisotopic (exact) mass is 580 g/mol. The summed E-state index contributed by atoms with van der Waals surface area (Å²) in [7, 11) is 5.68. The summed E-state index contributed by atoms with van der Waals surface area (Å²) in [5, 5.41) is 14.7. The molecule has 192 valence electrons. The van der Waals surface area contributed by atoms with Gasteiger partial charge < -0.3 is 19.5 Å². The molecule has 0 fully saturated rings. The molecule has 0 saturated heterocycles. The summed E-state index contributed by atoms with van der Waals surface area (Å²) in [4.78, 5) is 6.98. The SMILES string of the molecule is COc1nc2ccc(Br)cc2cc1[C@@H](c1ccccc1)[C@@]1(O)c2cc(Cl)ccc2OCC[C@@H]1CN(C)C. The minimum atomic E-state index is -1.38. The second kappa shape index (κ2) is 10.6. The van der Waals surface area contributed by atoms with Crippen molar-refractivity contribution in [2.24, 2.45) is 5.92 Å². The van der Waals surface area contributed by atoms with Crippen LogP contribution in [0.15, 0.2) is 77.3 Å². The van der Waals surface area contributed by atoms with Crippen molar-refractivity contribution < 1.29 is 14.6 Å². The van der Waals surface area contributed by atoms with Crippen LogP contribution in [-0.4, -0.2) is 49.3 Å². The van der Waals surface area contributed by atoms with Crippen molar-refractivity contribution in [1.82, 2.24) is 9.88 Å². The fraction of sp³-hybridized carbons (Fsp3) is 0.300. The summed E-state index contributed by atoms with van der Waals surface area (Å²) in [6.07, 6.45) is 0.666. The Morgan fingerprint density at radius 3 is 2.65 bits per heavy atom. The molecule has 1 aliphatic heterocycles. The van der Waals surface area contributed by atoms with Gasteiger partial charge in [-0.1, -0.05) is 57.9 Å². The van der Waals surface area contributed by atoms with Gasteiger partial charge in [0.2, 0.25) is 5.88 Å². The van der Waals surface area contributed by atoms with E-state index in [1.165, 1.54) is 0 Å². The van der Waals surface area contributed by atoms with Gasteiger partial charge in [0.05, 0.1) is 19.2 Å². The topological polar surface area (TPSA) is 54.8 Å². The summed E-state index contributed by atoms with van der Waals surface area (Å²) >= 11 is 10.1. The number of aliphatic hydroxyl groups is 1. The molecule has 3 atom stereocenters. The number of hydrogen-bond acceptors (Lipinski definition) is 5. The van der Waals surface area contributed by atoms with E-state index < -0.39 is 11.5 Å². The van der Waals surface area contributed by atoms with Gasteiger partial charge in [-0.25, -0.2) is 4.98 Å². The number of fused-ring (bicyclic) bond motifs is 2. The molecule has 0 aliphatic carbocycles. The summed E-state index contributed by atoms with van der Waals surface area (Å²) in [5.41, 5.74) is 1.88. The lowest BCUT2D eigenvalue weighted by molar-refractivity contribution is -0.0487. The minimum Gasteiger partial charge on any atom is -0.493 e. The maximum Gasteiger partial charge on any atom is 0.217 e. The van der Waals surface area contributed by atoms with Gasteiger partial charge in [0, 0.05) is 44.4 Å². The first-order valence-corrected chi connectivity index (χ1v) is 13.5. The Morgan fingerprint density at radius 1 is 1.14 bits per heavy atom. The highest BCUT2D eigenvalue weighted by atomic mass is 79.9. The quantitative estimate of drug-likeness (QED) is 0.277. The molecule has 0 bridgehead atoms. The largest absolute Gasteiger partial charge is 0.493 e. The molecule has 37 heavy (non-hydrogen) atoms. The van der Waals surface area contributed by atoms with Crippen LogP contribution >= 0.6 is 27.5 Å². The fourth-order valence-corrected chi connectivity index (χ4v) is 6.14. The summed E-state index contributed by atoms with van der Waals surface area (Å²) in [6, 6.07) is 23.6. The highest BCUT2D eigenvalue weighted by Crippen LogP contribution is 2.53. The van der Waals surface area contributed by atoms with E-state index in [1.54, 1.807) is 13.2 Å². The molecule has 4 aromatic rings. The number of methoxy groups -OCH3 is 1. The maximum absolute atomic E-state index is 13.2. The zero-order chi connectivity index (χ0) is 26.2. The van der Waals surface area contributed by atoms with E-state index in [-0.39, 0.29) is 5.92 Å². The first-order chi connectivity index (χ1) is 17.8. The zero-order valence-electron chi connectivity index (χ0n) is 21.1. The molecule has 0 spiro atoms. The van der Waals surface area contributed by atoms with Crippen LogP contribution in [-0.2, 0) is 5.60 Å². The van der Waals surface area contributed by atoms with Crippen molar-refractivity contribution in [3.8, 4) is 11.6 Å². The van der Waals surface area contributed by atoms with E-state index >= 15 is 0 Å². The molecule has 1 N–H and O–H groups in total. The zero-order valence-corrected chi connectivity index (χ0v) is 23.5. The van der Waals surface area contributed by atoms with E-state index in [1.807, 2.05) is 62.6 Å². The lowest BCUT2D eigenvalue weighted by Gasteiger charge is -2.43. The Morgan fingerprint density at radius 2 is 1.92 bits per heavy atom. The van der Waals surface area contributed by atoms with E-state index in [4.69, 9.17) is 26.1 Å². The average Bonchev–Trinajstić information content (AvgIpc) is 3.01. The molecule has 0 amide bonds. The van der Waals surface area contributed by atoms with Crippen molar-refractivity contribution in [3.05, 3.63) is 99.0 Å². The first-order valence-electron chi connectivity index (χ1n) is 12.3. The van der Waals surface area contributed by atoms with Gasteiger partial charge in [-0.05, 0) is 68.5 Å². The van der Waals surface area contributed by atoms with Gasteiger partial charge in [0.15, 0.2) is 0 Å². The molecule has 1 aliphatic rings. The molecular weight excluding hydrogens is 552 g/mol. The number of rotatable bonds is 6. The molecule has 0 radical (unpaired) electrons. The maximum atomic E-state index is 13.2. The Bertz CT molecular complexity index is 1420. The Hall–Kier alpha value is -2.64. The molecule has 1 aromatic heterocycles. The van der Waals surface area contributed by atoms with Crippen LogP contribution in [0.5, 0.6) is 11.6 Å². The van der Waals surface area contributed by atoms with Crippen LogP contribution in [0, 0.1) is 5.92 Å². The predicted molar refractivity (Wildman–Crippen MR) is 152 cm³/mol. The van der Waals surface area contributed by atoms with Gasteiger partial charge >= 0.3 is 0 Å². The number of aromatic nitrogens is 1.